The van der Waals surface area contributed by atoms with Crippen molar-refractivity contribution in [2.45, 2.75) is 39.5 Å². The largest absolute Gasteiger partial charge is 0.338 e. The molecule has 0 spiro atoms. The van der Waals surface area contributed by atoms with Crippen LogP contribution in [-0.4, -0.2) is 39.4 Å². The van der Waals surface area contributed by atoms with Crippen LogP contribution in [0.15, 0.2) is 18.2 Å². The normalized spacial score (nSPS) is 17.0. The summed E-state index contributed by atoms with van der Waals surface area (Å²) in [5, 5.41) is 6.75. The van der Waals surface area contributed by atoms with Crippen LogP contribution < -0.4 is 5.32 Å². The highest BCUT2D eigenvalue weighted by Gasteiger charge is 2.27. The highest BCUT2D eigenvalue weighted by Crippen LogP contribution is 2.24. The van der Waals surface area contributed by atoms with Crippen molar-refractivity contribution in [1.82, 2.24) is 14.5 Å². The molecule has 1 aliphatic rings. The van der Waals surface area contributed by atoms with E-state index in [1.54, 1.807) is 19.9 Å². The average Bonchev–Trinajstić information content (AvgIpc) is 3.08. The zero-order valence-corrected chi connectivity index (χ0v) is 16.3. The van der Waals surface area contributed by atoms with Gasteiger partial charge in [-0.3, -0.25) is 9.59 Å². The Labute approximate surface area is 161 Å². The van der Waals surface area contributed by atoms with Gasteiger partial charge in [-0.2, -0.15) is 0 Å². The lowest BCUT2D eigenvalue weighted by molar-refractivity contribution is -0.116. The SMILES string of the molecule is Cc1cc(F)ccc1NC(=O)CC[C@@H]1CCCN(C(=O)c2snnc2C)C1. The van der Waals surface area contributed by atoms with Gasteiger partial charge in [0.15, 0.2) is 0 Å². The van der Waals surface area contributed by atoms with E-state index in [1.807, 2.05) is 4.90 Å². The van der Waals surface area contributed by atoms with Gasteiger partial charge < -0.3 is 10.2 Å². The van der Waals surface area contributed by atoms with Crippen molar-refractivity contribution in [2.75, 3.05) is 18.4 Å². The fraction of sp³-hybridized carbons (Fsp3) is 0.474. The number of nitrogens with one attached hydrogen (secondary N) is 1. The number of hydrogen-bond donors (Lipinski definition) is 1. The number of likely N-dealkylation sites (tertiary alicyclic amines) is 1. The number of anilines is 1. The van der Waals surface area contributed by atoms with E-state index in [2.05, 4.69) is 14.9 Å². The Balaban J connectivity index is 1.51. The van der Waals surface area contributed by atoms with Crippen LogP contribution in [0.5, 0.6) is 0 Å². The van der Waals surface area contributed by atoms with Gasteiger partial charge in [0.2, 0.25) is 5.91 Å². The van der Waals surface area contributed by atoms with Gasteiger partial charge in [-0.1, -0.05) is 4.49 Å². The number of aryl methyl sites for hydroxylation is 2. The van der Waals surface area contributed by atoms with Crippen LogP contribution in [0.2, 0.25) is 0 Å². The zero-order chi connectivity index (χ0) is 19.4. The maximum Gasteiger partial charge on any atom is 0.267 e. The lowest BCUT2D eigenvalue weighted by Gasteiger charge is -2.32. The molecular weight excluding hydrogens is 367 g/mol. The summed E-state index contributed by atoms with van der Waals surface area (Å²) in [6.07, 6.45) is 3.04. The van der Waals surface area contributed by atoms with Crippen LogP contribution in [0.1, 0.15) is 46.6 Å². The molecule has 1 atom stereocenters. The molecule has 0 radical (unpaired) electrons. The average molecular weight is 390 g/mol. The van der Waals surface area contributed by atoms with E-state index in [0.717, 1.165) is 37.3 Å². The number of hydrogen-bond acceptors (Lipinski definition) is 5. The van der Waals surface area contributed by atoms with Gasteiger partial charge in [-0.05, 0) is 74.3 Å². The van der Waals surface area contributed by atoms with Crippen molar-refractivity contribution in [1.29, 1.82) is 0 Å². The zero-order valence-electron chi connectivity index (χ0n) is 15.5. The first-order chi connectivity index (χ1) is 12.9. The van der Waals surface area contributed by atoms with Crippen molar-refractivity contribution in [3.63, 3.8) is 0 Å². The molecule has 6 nitrogen and oxygen atoms in total. The molecule has 1 aromatic carbocycles. The minimum absolute atomic E-state index is 0.0152. The number of carbonyl (C=O) groups is 2. The van der Waals surface area contributed by atoms with E-state index < -0.39 is 0 Å². The van der Waals surface area contributed by atoms with Gasteiger partial charge in [0.25, 0.3) is 5.91 Å². The van der Waals surface area contributed by atoms with Crippen LogP contribution in [0.25, 0.3) is 0 Å². The number of rotatable bonds is 5. The lowest BCUT2D eigenvalue weighted by atomic mass is 9.93. The smallest absolute Gasteiger partial charge is 0.267 e. The molecule has 0 aliphatic carbocycles. The van der Waals surface area contributed by atoms with Crippen molar-refractivity contribution < 1.29 is 14.0 Å². The van der Waals surface area contributed by atoms with Crippen molar-refractivity contribution in [2.24, 2.45) is 5.92 Å². The Morgan fingerprint density at radius 2 is 2.19 bits per heavy atom. The Kier molecular flexibility index (Phi) is 6.15. The summed E-state index contributed by atoms with van der Waals surface area (Å²) in [5.41, 5.74) is 2.00. The predicted molar refractivity (Wildman–Crippen MR) is 102 cm³/mol. The fourth-order valence-electron chi connectivity index (χ4n) is 3.37. The Morgan fingerprint density at radius 3 is 2.89 bits per heavy atom. The van der Waals surface area contributed by atoms with Gasteiger partial charge >= 0.3 is 0 Å². The standard InChI is InChI=1S/C19H23FN4O2S/c1-12-10-15(20)6-7-16(12)21-17(25)8-5-14-4-3-9-24(11-14)19(26)18-13(2)22-23-27-18/h6-7,10,14H,3-5,8-9,11H2,1-2H3,(H,21,25)/t14-/m0/s1. The maximum atomic E-state index is 13.2. The minimum Gasteiger partial charge on any atom is -0.338 e. The summed E-state index contributed by atoms with van der Waals surface area (Å²) < 4.78 is 17.0. The van der Waals surface area contributed by atoms with Crippen LogP contribution in [-0.2, 0) is 4.79 Å². The molecule has 2 aromatic rings. The second-order valence-electron chi connectivity index (χ2n) is 6.99. The number of halogens is 1. The van der Waals surface area contributed by atoms with Crippen molar-refractivity contribution >= 4 is 29.0 Å². The first-order valence-electron chi connectivity index (χ1n) is 9.08. The van der Waals surface area contributed by atoms with E-state index in [9.17, 15) is 14.0 Å². The van der Waals surface area contributed by atoms with Crippen LogP contribution in [0, 0.1) is 25.6 Å². The molecule has 8 heteroatoms. The molecule has 1 fully saturated rings. The minimum atomic E-state index is -0.316. The molecule has 2 heterocycles. The number of amides is 2. The lowest BCUT2D eigenvalue weighted by Crippen LogP contribution is -2.40. The fourth-order valence-corrected chi connectivity index (χ4v) is 4.00. The molecule has 144 valence electrons. The summed E-state index contributed by atoms with van der Waals surface area (Å²) in [4.78, 5) is 27.3. The van der Waals surface area contributed by atoms with E-state index in [-0.39, 0.29) is 17.6 Å². The highest BCUT2D eigenvalue weighted by atomic mass is 32.1. The third-order valence-corrected chi connectivity index (χ3v) is 5.71. The number of piperidine rings is 1. The number of benzene rings is 1. The summed E-state index contributed by atoms with van der Waals surface area (Å²) >= 11 is 1.13. The topological polar surface area (TPSA) is 75.2 Å². The van der Waals surface area contributed by atoms with Crippen LogP contribution in [0.4, 0.5) is 10.1 Å². The number of aromatic nitrogens is 2. The van der Waals surface area contributed by atoms with E-state index in [0.29, 0.717) is 40.7 Å². The first kappa shape index (κ1) is 19.4. The van der Waals surface area contributed by atoms with Gasteiger partial charge in [0.1, 0.15) is 10.7 Å². The van der Waals surface area contributed by atoms with Gasteiger partial charge in [0.05, 0.1) is 5.69 Å². The predicted octanol–water partition coefficient (Wildman–Crippen LogP) is 3.57. The van der Waals surface area contributed by atoms with Gasteiger partial charge in [-0.15, -0.1) is 5.10 Å². The maximum absolute atomic E-state index is 13.2. The van der Waals surface area contributed by atoms with Crippen molar-refractivity contribution in [3.05, 3.63) is 40.2 Å². The highest BCUT2D eigenvalue weighted by molar-refractivity contribution is 7.07. The Bertz CT molecular complexity index is 839. The molecule has 1 aromatic heterocycles. The molecule has 0 saturated carbocycles. The van der Waals surface area contributed by atoms with Crippen molar-refractivity contribution in [3.8, 4) is 0 Å². The molecule has 2 amide bonds. The third kappa shape index (κ3) is 4.88. The molecule has 27 heavy (non-hydrogen) atoms. The van der Waals surface area contributed by atoms with E-state index >= 15 is 0 Å². The molecule has 1 aliphatic heterocycles. The summed E-state index contributed by atoms with van der Waals surface area (Å²) in [6, 6.07) is 4.31. The monoisotopic (exact) mass is 390 g/mol. The Hall–Kier alpha value is -2.35. The second-order valence-corrected chi connectivity index (χ2v) is 7.75. The number of nitrogens with zero attached hydrogens (tertiary/aromatic N) is 3. The molecule has 3 rings (SSSR count). The van der Waals surface area contributed by atoms with Crippen LogP contribution in [0.3, 0.4) is 0 Å². The van der Waals surface area contributed by atoms with Gasteiger partial charge in [0, 0.05) is 25.2 Å². The van der Waals surface area contributed by atoms with E-state index in [4.69, 9.17) is 0 Å². The molecule has 0 bridgehead atoms. The third-order valence-electron chi connectivity index (χ3n) is 4.89. The molecular formula is C19H23FN4O2S. The molecule has 1 N–H and O–H groups in total. The second kappa shape index (κ2) is 8.56. The van der Waals surface area contributed by atoms with Crippen LogP contribution >= 0.6 is 11.5 Å². The summed E-state index contributed by atoms with van der Waals surface area (Å²) in [5.74, 6) is -0.123. The summed E-state index contributed by atoms with van der Waals surface area (Å²) in [6.45, 7) is 4.94. The first-order valence-corrected chi connectivity index (χ1v) is 9.85. The molecule has 1 saturated heterocycles. The Morgan fingerprint density at radius 1 is 1.37 bits per heavy atom. The molecule has 0 unspecified atom stereocenters. The van der Waals surface area contributed by atoms with Gasteiger partial charge in [-0.25, -0.2) is 4.39 Å². The summed E-state index contributed by atoms with van der Waals surface area (Å²) in [7, 11) is 0. The van der Waals surface area contributed by atoms with E-state index in [1.165, 1.54) is 12.1 Å². The quantitative estimate of drug-likeness (QED) is 0.847. The number of carbonyl (C=O) groups excluding carboxylic acids is 2.